The molecule has 2 N–H and O–H groups in total. The predicted molar refractivity (Wildman–Crippen MR) is 107 cm³/mol. The van der Waals surface area contributed by atoms with Gasteiger partial charge in [-0.15, -0.1) is 0 Å². The SMILES string of the molecule is COc1cc2ncc(-c3cccc(N[C@H]4CNCC45CC5)n3)n2nc1C1CC1. The largest absolute Gasteiger partial charge is 0.495 e. The van der Waals surface area contributed by atoms with Crippen molar-refractivity contribution in [2.45, 2.75) is 37.6 Å². The van der Waals surface area contributed by atoms with E-state index in [1.165, 1.54) is 25.7 Å². The molecule has 1 saturated heterocycles. The van der Waals surface area contributed by atoms with Crippen LogP contribution in [0, 0.1) is 5.41 Å². The number of hydrogen-bond donors (Lipinski definition) is 2. The first-order valence-electron chi connectivity index (χ1n) is 10.1. The minimum Gasteiger partial charge on any atom is -0.495 e. The maximum absolute atomic E-state index is 5.54. The molecule has 2 aliphatic carbocycles. The smallest absolute Gasteiger partial charge is 0.157 e. The van der Waals surface area contributed by atoms with Crippen LogP contribution >= 0.6 is 0 Å². The Kier molecular flexibility index (Phi) is 3.44. The number of fused-ring (bicyclic) bond motifs is 1. The molecule has 1 spiro atoms. The Balaban J connectivity index is 1.36. The fourth-order valence-corrected chi connectivity index (χ4v) is 4.42. The lowest BCUT2D eigenvalue weighted by atomic mass is 10.0. The Hall–Kier alpha value is -2.67. The minimum atomic E-state index is 0.443. The van der Waals surface area contributed by atoms with Crippen LogP contribution in [0.3, 0.4) is 0 Å². The van der Waals surface area contributed by atoms with Gasteiger partial charge in [0.15, 0.2) is 5.65 Å². The number of nitrogens with one attached hydrogen (secondary N) is 2. The Bertz CT molecular complexity index is 1050. The van der Waals surface area contributed by atoms with Crippen LogP contribution in [0.15, 0.2) is 30.5 Å². The van der Waals surface area contributed by atoms with Crippen LogP contribution in [0.5, 0.6) is 5.75 Å². The maximum Gasteiger partial charge on any atom is 0.157 e. The van der Waals surface area contributed by atoms with Gasteiger partial charge in [0.2, 0.25) is 0 Å². The molecule has 0 amide bonds. The molecule has 1 atom stereocenters. The number of ether oxygens (including phenoxy) is 1. The first-order valence-corrected chi connectivity index (χ1v) is 10.1. The standard InChI is InChI=1S/C21H24N6O/c1-28-16-9-19-23-10-15(27(19)26-20(16)13-5-6-13)14-3-2-4-18(24-14)25-17-11-22-12-21(17)7-8-21/h2-4,9-10,13,17,22H,5-8,11-12H2,1H3,(H,24,25)/t17-/m0/s1. The molecular formula is C21H24N6O. The van der Waals surface area contributed by atoms with Gasteiger partial charge in [-0.25, -0.2) is 14.5 Å². The van der Waals surface area contributed by atoms with E-state index in [2.05, 4.69) is 21.7 Å². The normalized spacial score (nSPS) is 22.7. The maximum atomic E-state index is 5.54. The second-order valence-electron chi connectivity index (χ2n) is 8.38. The second-order valence-corrected chi connectivity index (χ2v) is 8.38. The fourth-order valence-electron chi connectivity index (χ4n) is 4.42. The van der Waals surface area contributed by atoms with E-state index >= 15 is 0 Å². The Morgan fingerprint density at radius 3 is 2.96 bits per heavy atom. The molecule has 0 bridgehead atoms. The van der Waals surface area contributed by atoms with Crippen LogP contribution < -0.4 is 15.4 Å². The molecule has 3 aromatic heterocycles. The minimum absolute atomic E-state index is 0.443. The molecule has 144 valence electrons. The number of methoxy groups -OCH3 is 1. The average molecular weight is 376 g/mol. The van der Waals surface area contributed by atoms with Gasteiger partial charge in [-0.05, 0) is 37.8 Å². The predicted octanol–water partition coefficient (Wildman–Crippen LogP) is 2.84. The molecule has 6 rings (SSSR count). The van der Waals surface area contributed by atoms with Gasteiger partial charge in [-0.2, -0.15) is 5.10 Å². The lowest BCUT2D eigenvalue weighted by Crippen LogP contribution is -2.29. The summed E-state index contributed by atoms with van der Waals surface area (Å²) in [6, 6.07) is 8.57. The molecule has 7 heteroatoms. The number of rotatable bonds is 5. The fraction of sp³-hybridized carbons (Fsp3) is 0.476. The summed E-state index contributed by atoms with van der Waals surface area (Å²) < 4.78 is 7.45. The van der Waals surface area contributed by atoms with E-state index in [9.17, 15) is 0 Å². The average Bonchev–Trinajstić information content (AvgIpc) is 3.62. The summed E-state index contributed by atoms with van der Waals surface area (Å²) in [7, 11) is 1.70. The van der Waals surface area contributed by atoms with E-state index in [-0.39, 0.29) is 0 Å². The highest BCUT2D eigenvalue weighted by Gasteiger charge is 2.52. The van der Waals surface area contributed by atoms with Gasteiger partial charge in [-0.1, -0.05) is 6.07 Å². The van der Waals surface area contributed by atoms with Gasteiger partial charge in [0.25, 0.3) is 0 Å². The van der Waals surface area contributed by atoms with Crippen molar-refractivity contribution in [2.75, 3.05) is 25.5 Å². The van der Waals surface area contributed by atoms with E-state index in [1.807, 2.05) is 28.9 Å². The number of hydrogen-bond acceptors (Lipinski definition) is 6. The van der Waals surface area contributed by atoms with Gasteiger partial charge in [-0.3, -0.25) is 0 Å². The molecule has 3 aromatic rings. The summed E-state index contributed by atoms with van der Waals surface area (Å²) in [5.41, 5.74) is 4.05. The van der Waals surface area contributed by atoms with Crippen LogP contribution in [0.1, 0.15) is 37.3 Å². The topological polar surface area (TPSA) is 76.4 Å². The first-order chi connectivity index (χ1) is 13.8. The van der Waals surface area contributed by atoms with Gasteiger partial charge in [0, 0.05) is 36.5 Å². The van der Waals surface area contributed by atoms with Crippen molar-refractivity contribution < 1.29 is 4.74 Å². The molecular weight excluding hydrogens is 352 g/mol. The third-order valence-electron chi connectivity index (χ3n) is 6.46. The summed E-state index contributed by atoms with van der Waals surface area (Å²) in [5.74, 6) is 2.25. The number of nitrogens with zero attached hydrogens (tertiary/aromatic N) is 4. The van der Waals surface area contributed by atoms with E-state index in [4.69, 9.17) is 14.8 Å². The van der Waals surface area contributed by atoms with Crippen molar-refractivity contribution in [3.63, 3.8) is 0 Å². The monoisotopic (exact) mass is 376 g/mol. The Morgan fingerprint density at radius 1 is 1.29 bits per heavy atom. The Morgan fingerprint density at radius 2 is 2.18 bits per heavy atom. The first kappa shape index (κ1) is 16.3. The highest BCUT2D eigenvalue weighted by molar-refractivity contribution is 5.62. The molecule has 3 aliphatic rings. The summed E-state index contributed by atoms with van der Waals surface area (Å²) in [5, 5.41) is 12.0. The molecule has 28 heavy (non-hydrogen) atoms. The second kappa shape index (κ2) is 5.91. The summed E-state index contributed by atoms with van der Waals surface area (Å²) in [4.78, 5) is 9.42. The molecule has 3 fully saturated rings. The van der Waals surface area contributed by atoms with Crippen molar-refractivity contribution in [3.8, 4) is 17.1 Å². The van der Waals surface area contributed by atoms with Crippen molar-refractivity contribution in [1.82, 2.24) is 24.9 Å². The zero-order chi connectivity index (χ0) is 18.7. The molecule has 1 aliphatic heterocycles. The molecule has 4 heterocycles. The van der Waals surface area contributed by atoms with E-state index < -0.39 is 0 Å². The van der Waals surface area contributed by atoms with E-state index in [1.54, 1.807) is 7.11 Å². The highest BCUT2D eigenvalue weighted by Crippen LogP contribution is 2.51. The third-order valence-corrected chi connectivity index (χ3v) is 6.46. The van der Waals surface area contributed by atoms with Crippen LogP contribution in [0.2, 0.25) is 0 Å². The molecule has 0 unspecified atom stereocenters. The van der Waals surface area contributed by atoms with Crippen molar-refractivity contribution in [3.05, 3.63) is 36.2 Å². The van der Waals surface area contributed by atoms with Crippen LogP contribution in [0.4, 0.5) is 5.82 Å². The van der Waals surface area contributed by atoms with Crippen LogP contribution in [-0.2, 0) is 0 Å². The number of imidazole rings is 1. The van der Waals surface area contributed by atoms with Crippen molar-refractivity contribution in [1.29, 1.82) is 0 Å². The van der Waals surface area contributed by atoms with E-state index in [0.29, 0.717) is 17.4 Å². The van der Waals surface area contributed by atoms with E-state index in [0.717, 1.165) is 47.4 Å². The van der Waals surface area contributed by atoms with Gasteiger partial charge in [0.1, 0.15) is 23.0 Å². The number of aromatic nitrogens is 4. The van der Waals surface area contributed by atoms with Gasteiger partial charge in [0.05, 0.1) is 19.0 Å². The third kappa shape index (κ3) is 2.57. The van der Waals surface area contributed by atoms with Crippen LogP contribution in [0.25, 0.3) is 17.0 Å². The quantitative estimate of drug-likeness (QED) is 0.713. The number of anilines is 1. The molecule has 2 saturated carbocycles. The van der Waals surface area contributed by atoms with Gasteiger partial charge >= 0.3 is 0 Å². The molecule has 0 radical (unpaired) electrons. The lowest BCUT2D eigenvalue weighted by molar-refractivity contribution is 0.405. The van der Waals surface area contributed by atoms with Crippen LogP contribution in [-0.4, -0.2) is 45.8 Å². The zero-order valence-corrected chi connectivity index (χ0v) is 16.0. The zero-order valence-electron chi connectivity index (χ0n) is 16.0. The highest BCUT2D eigenvalue weighted by atomic mass is 16.5. The summed E-state index contributed by atoms with van der Waals surface area (Å²) >= 11 is 0. The number of pyridine rings is 1. The molecule has 0 aromatic carbocycles. The van der Waals surface area contributed by atoms with Gasteiger partial charge < -0.3 is 15.4 Å². The molecule has 7 nitrogen and oxygen atoms in total. The lowest BCUT2D eigenvalue weighted by Gasteiger charge is -2.19. The summed E-state index contributed by atoms with van der Waals surface area (Å²) in [6.45, 7) is 2.13. The Labute approximate surface area is 163 Å². The van der Waals surface area contributed by atoms with Crippen molar-refractivity contribution in [2.24, 2.45) is 5.41 Å². The summed E-state index contributed by atoms with van der Waals surface area (Å²) in [6.07, 6.45) is 6.81. The van der Waals surface area contributed by atoms with Crippen molar-refractivity contribution >= 4 is 11.5 Å².